The molecule has 2 N–H and O–H groups in total. The minimum atomic E-state index is 0.204. The predicted octanol–water partition coefficient (Wildman–Crippen LogP) is 3.55. The predicted molar refractivity (Wildman–Crippen MR) is 61.7 cm³/mol. The topological polar surface area (TPSA) is 26.0 Å². The van der Waals surface area contributed by atoms with Crippen LogP contribution < -0.4 is 5.73 Å². The van der Waals surface area contributed by atoms with Crippen LogP contribution in [0.2, 0.25) is 0 Å². The molecule has 1 atom stereocenters. The second-order valence-corrected chi connectivity index (χ2v) is 5.13. The number of halogens is 2. The van der Waals surface area contributed by atoms with Gasteiger partial charge >= 0.3 is 0 Å². The molecule has 0 heterocycles. The van der Waals surface area contributed by atoms with Crippen molar-refractivity contribution in [2.75, 3.05) is 0 Å². The van der Waals surface area contributed by atoms with E-state index in [2.05, 4.69) is 44.0 Å². The smallest absolute Gasteiger partial charge is 0.0309 e. The Labute approximate surface area is 95.0 Å². The number of nitrogens with two attached hydrogens (primary N) is 1. The molecule has 0 bridgehead atoms. The van der Waals surface area contributed by atoms with Gasteiger partial charge in [-0.05, 0) is 42.5 Å². The zero-order valence-corrected chi connectivity index (χ0v) is 10.4. The molecule has 0 aromatic heterocycles. The monoisotopic (exact) mass is 303 g/mol. The van der Waals surface area contributed by atoms with Crippen molar-refractivity contribution in [2.45, 2.75) is 25.3 Å². The molecule has 0 radical (unpaired) electrons. The third-order valence-electron chi connectivity index (χ3n) is 2.56. The number of benzene rings is 1. The van der Waals surface area contributed by atoms with Crippen LogP contribution in [0.25, 0.3) is 0 Å². The minimum Gasteiger partial charge on any atom is -0.324 e. The molecular formula is C10H11Br2N. The van der Waals surface area contributed by atoms with Gasteiger partial charge in [0.05, 0.1) is 0 Å². The van der Waals surface area contributed by atoms with Crippen LogP contribution in [0.4, 0.5) is 0 Å². The Hall–Kier alpha value is 0.140. The highest BCUT2D eigenvalue weighted by molar-refractivity contribution is 9.11. The van der Waals surface area contributed by atoms with E-state index < -0.39 is 0 Å². The second kappa shape index (κ2) is 3.71. The summed E-state index contributed by atoms with van der Waals surface area (Å²) in [6.45, 7) is 0. The summed E-state index contributed by atoms with van der Waals surface area (Å²) in [5.74, 6) is 0. The van der Waals surface area contributed by atoms with Crippen molar-refractivity contribution in [1.82, 2.24) is 0 Å². The van der Waals surface area contributed by atoms with Crippen LogP contribution in [0.1, 0.15) is 30.0 Å². The molecule has 0 fully saturated rings. The van der Waals surface area contributed by atoms with Crippen molar-refractivity contribution >= 4 is 31.9 Å². The molecule has 1 aliphatic rings. The van der Waals surface area contributed by atoms with E-state index in [0.717, 1.165) is 17.3 Å². The van der Waals surface area contributed by atoms with Gasteiger partial charge in [-0.15, -0.1) is 0 Å². The SMILES string of the molecule is N[C@@H]1CCCc2c(Br)ccc(Br)c21. The Balaban J connectivity index is 2.60. The molecule has 13 heavy (non-hydrogen) atoms. The number of hydrogen-bond donors (Lipinski definition) is 1. The fraction of sp³-hybridized carbons (Fsp3) is 0.400. The van der Waals surface area contributed by atoms with Crippen molar-refractivity contribution in [3.63, 3.8) is 0 Å². The Morgan fingerprint density at radius 3 is 2.62 bits per heavy atom. The first kappa shape index (κ1) is 9.69. The summed E-state index contributed by atoms with van der Waals surface area (Å²) in [5.41, 5.74) is 8.74. The zero-order chi connectivity index (χ0) is 9.42. The molecule has 1 aromatic rings. The van der Waals surface area contributed by atoms with Gasteiger partial charge in [-0.1, -0.05) is 31.9 Å². The highest BCUT2D eigenvalue weighted by Crippen LogP contribution is 2.37. The number of fused-ring (bicyclic) bond motifs is 1. The first-order chi connectivity index (χ1) is 6.20. The Bertz CT molecular complexity index is 336. The van der Waals surface area contributed by atoms with E-state index in [1.54, 1.807) is 0 Å². The molecule has 70 valence electrons. The lowest BCUT2D eigenvalue weighted by atomic mass is 9.88. The van der Waals surface area contributed by atoms with Crippen LogP contribution in [-0.4, -0.2) is 0 Å². The van der Waals surface area contributed by atoms with Crippen LogP contribution in [0, 0.1) is 0 Å². The highest BCUT2D eigenvalue weighted by atomic mass is 79.9. The molecule has 0 unspecified atom stereocenters. The Kier molecular flexibility index (Phi) is 2.77. The van der Waals surface area contributed by atoms with E-state index in [-0.39, 0.29) is 6.04 Å². The van der Waals surface area contributed by atoms with E-state index >= 15 is 0 Å². The molecule has 3 heteroatoms. The Morgan fingerprint density at radius 2 is 1.92 bits per heavy atom. The normalized spacial score (nSPS) is 21.3. The van der Waals surface area contributed by atoms with E-state index in [1.807, 2.05) is 0 Å². The van der Waals surface area contributed by atoms with E-state index in [4.69, 9.17) is 5.73 Å². The molecule has 0 saturated heterocycles. The summed E-state index contributed by atoms with van der Waals surface area (Å²) in [4.78, 5) is 0. The van der Waals surface area contributed by atoms with Crippen molar-refractivity contribution in [3.05, 3.63) is 32.2 Å². The van der Waals surface area contributed by atoms with Crippen LogP contribution >= 0.6 is 31.9 Å². The van der Waals surface area contributed by atoms with E-state index in [0.29, 0.717) is 0 Å². The fourth-order valence-electron chi connectivity index (χ4n) is 1.91. The van der Waals surface area contributed by atoms with Crippen molar-refractivity contribution in [1.29, 1.82) is 0 Å². The molecular weight excluding hydrogens is 294 g/mol. The fourth-order valence-corrected chi connectivity index (χ4v) is 3.12. The average Bonchev–Trinajstić information content (AvgIpc) is 2.12. The quantitative estimate of drug-likeness (QED) is 0.779. The summed E-state index contributed by atoms with van der Waals surface area (Å²) in [5, 5.41) is 0. The van der Waals surface area contributed by atoms with Gasteiger partial charge in [0.25, 0.3) is 0 Å². The van der Waals surface area contributed by atoms with Gasteiger partial charge in [0.2, 0.25) is 0 Å². The van der Waals surface area contributed by atoms with Gasteiger partial charge in [-0.25, -0.2) is 0 Å². The molecule has 0 amide bonds. The Morgan fingerprint density at radius 1 is 1.23 bits per heavy atom. The largest absolute Gasteiger partial charge is 0.324 e. The average molecular weight is 305 g/mol. The molecule has 1 aliphatic carbocycles. The van der Waals surface area contributed by atoms with Crippen LogP contribution in [0.15, 0.2) is 21.1 Å². The minimum absolute atomic E-state index is 0.204. The second-order valence-electron chi connectivity index (χ2n) is 3.42. The van der Waals surface area contributed by atoms with Crippen LogP contribution in [-0.2, 0) is 6.42 Å². The molecule has 1 aromatic carbocycles. The maximum absolute atomic E-state index is 6.07. The van der Waals surface area contributed by atoms with Gasteiger partial charge < -0.3 is 5.73 Å². The van der Waals surface area contributed by atoms with Crippen LogP contribution in [0.3, 0.4) is 0 Å². The lowest BCUT2D eigenvalue weighted by Gasteiger charge is -2.24. The van der Waals surface area contributed by atoms with Gasteiger partial charge in [-0.3, -0.25) is 0 Å². The first-order valence-corrected chi connectivity index (χ1v) is 6.01. The van der Waals surface area contributed by atoms with Gasteiger partial charge in [0, 0.05) is 15.0 Å². The lowest BCUT2D eigenvalue weighted by molar-refractivity contribution is 0.566. The van der Waals surface area contributed by atoms with E-state index in [9.17, 15) is 0 Å². The molecule has 0 aliphatic heterocycles. The van der Waals surface area contributed by atoms with Gasteiger partial charge in [0.1, 0.15) is 0 Å². The third kappa shape index (κ3) is 1.69. The maximum atomic E-state index is 6.07. The summed E-state index contributed by atoms with van der Waals surface area (Å²) in [6, 6.07) is 4.35. The molecule has 0 saturated carbocycles. The van der Waals surface area contributed by atoms with Crippen molar-refractivity contribution < 1.29 is 0 Å². The standard InChI is InChI=1S/C10H11Br2N/c11-7-4-5-8(12)10-6(7)2-1-3-9(10)13/h4-5,9H,1-3,13H2/t9-/m1/s1. The first-order valence-electron chi connectivity index (χ1n) is 4.42. The summed E-state index contributed by atoms with van der Waals surface area (Å²) in [6.07, 6.45) is 3.44. The number of hydrogen-bond acceptors (Lipinski definition) is 1. The summed E-state index contributed by atoms with van der Waals surface area (Å²) >= 11 is 7.12. The lowest BCUT2D eigenvalue weighted by Crippen LogP contribution is -2.18. The summed E-state index contributed by atoms with van der Waals surface area (Å²) < 4.78 is 2.35. The third-order valence-corrected chi connectivity index (χ3v) is 3.99. The zero-order valence-electron chi connectivity index (χ0n) is 7.19. The van der Waals surface area contributed by atoms with Crippen molar-refractivity contribution in [3.8, 4) is 0 Å². The molecule has 0 spiro atoms. The summed E-state index contributed by atoms with van der Waals surface area (Å²) in [7, 11) is 0. The van der Waals surface area contributed by atoms with Gasteiger partial charge in [0.15, 0.2) is 0 Å². The number of rotatable bonds is 0. The highest BCUT2D eigenvalue weighted by Gasteiger charge is 2.20. The molecule has 1 nitrogen and oxygen atoms in total. The van der Waals surface area contributed by atoms with E-state index in [1.165, 1.54) is 22.0 Å². The van der Waals surface area contributed by atoms with Crippen LogP contribution in [0.5, 0.6) is 0 Å². The maximum Gasteiger partial charge on any atom is 0.0309 e. The van der Waals surface area contributed by atoms with Gasteiger partial charge in [-0.2, -0.15) is 0 Å². The van der Waals surface area contributed by atoms with Crippen molar-refractivity contribution in [2.24, 2.45) is 5.73 Å². The molecule has 2 rings (SSSR count).